The molecule has 0 amide bonds. The number of aromatic hydroxyl groups is 1. The van der Waals surface area contributed by atoms with Crippen LogP contribution in [-0.2, 0) is 16.2 Å². The molecule has 0 radical (unpaired) electrons. The van der Waals surface area contributed by atoms with Crippen molar-refractivity contribution in [3.8, 4) is 78.6 Å². The molecule has 0 aliphatic heterocycles. The van der Waals surface area contributed by atoms with Gasteiger partial charge in [-0.25, -0.2) is 4.98 Å². The maximum absolute atomic E-state index is 12.5. The fourth-order valence-corrected chi connectivity index (χ4v) is 8.92. The largest absolute Gasteiger partial charge is 0.507 e. The summed E-state index contributed by atoms with van der Waals surface area (Å²) >= 11 is 0. The van der Waals surface area contributed by atoms with Crippen molar-refractivity contribution in [3.63, 3.8) is 0 Å². The lowest BCUT2D eigenvalue weighted by Gasteiger charge is -2.27. The minimum absolute atomic E-state index is 0.0756. The van der Waals surface area contributed by atoms with E-state index < -0.39 is 0 Å². The van der Waals surface area contributed by atoms with Gasteiger partial charge in [0.25, 0.3) is 0 Å². The topological polar surface area (TPSA) is 50.9 Å². The molecule has 2 aromatic heterocycles. The summed E-state index contributed by atoms with van der Waals surface area (Å²) in [5, 5.41) is 12.5. The summed E-state index contributed by atoms with van der Waals surface area (Å²) in [6.45, 7) is 22.1. The van der Waals surface area contributed by atoms with Crippen LogP contribution in [0.4, 0.5) is 0 Å². The Balaban J connectivity index is 1.32. The van der Waals surface area contributed by atoms with Crippen LogP contribution in [-0.4, -0.2) is 19.6 Å². The maximum Gasteiger partial charge on any atom is 0.149 e. The third-order valence-corrected chi connectivity index (χ3v) is 12.7. The summed E-state index contributed by atoms with van der Waals surface area (Å²) in [7, 11) is 0. The van der Waals surface area contributed by atoms with E-state index in [4.69, 9.17) is 9.97 Å². The molecule has 0 atom stereocenters. The van der Waals surface area contributed by atoms with Gasteiger partial charge >= 0.3 is 0 Å². The van der Waals surface area contributed by atoms with Gasteiger partial charge < -0.3 is 5.11 Å². The van der Waals surface area contributed by atoms with Crippen LogP contribution in [0, 0.1) is 6.92 Å². The number of phenols is 1. The van der Waals surface area contributed by atoms with Crippen LogP contribution < -0.4 is 0 Å². The van der Waals surface area contributed by atoms with Gasteiger partial charge in [0.15, 0.2) is 0 Å². The lowest BCUT2D eigenvalue weighted by Crippen LogP contribution is -2.17. The summed E-state index contributed by atoms with van der Waals surface area (Å²) < 4.78 is 2.27. The van der Waals surface area contributed by atoms with Crippen molar-refractivity contribution in [2.24, 2.45) is 0 Å². The molecule has 0 saturated carbocycles. The molecule has 324 valence electrons. The first-order valence-corrected chi connectivity index (χ1v) is 22.8. The van der Waals surface area contributed by atoms with Crippen molar-refractivity contribution >= 4 is 11.0 Å². The number of pyridine rings is 1. The van der Waals surface area contributed by atoms with Crippen LogP contribution in [0.25, 0.3) is 83.9 Å². The van der Waals surface area contributed by atoms with E-state index in [0.717, 1.165) is 89.2 Å². The molecular weight excluding hydrogens is 791 g/mol. The van der Waals surface area contributed by atoms with Gasteiger partial charge in [-0.2, -0.15) is 0 Å². The lowest BCUT2D eigenvalue weighted by atomic mass is 9.79. The predicted octanol–water partition coefficient (Wildman–Crippen LogP) is 16.3. The molecule has 65 heavy (non-hydrogen) atoms. The first-order valence-electron chi connectivity index (χ1n) is 22.8. The number of phenolic OH excluding ortho intramolecular Hbond substituents is 1. The highest BCUT2D eigenvalue weighted by Gasteiger charge is 2.29. The molecule has 7 aromatic carbocycles. The highest BCUT2D eigenvalue weighted by Crippen LogP contribution is 2.46. The quantitative estimate of drug-likeness (QED) is 0.174. The second kappa shape index (κ2) is 16.5. The van der Waals surface area contributed by atoms with Crippen LogP contribution in [0.3, 0.4) is 0 Å². The number of hydrogen-bond donors (Lipinski definition) is 1. The van der Waals surface area contributed by atoms with Gasteiger partial charge in [-0.1, -0.05) is 177 Å². The Labute approximate surface area is 385 Å². The molecule has 0 fully saturated rings. The number of nitrogens with zero attached hydrogens (tertiary/aromatic N) is 3. The van der Waals surface area contributed by atoms with Crippen molar-refractivity contribution in [1.82, 2.24) is 14.5 Å². The number of imidazole rings is 1. The zero-order chi connectivity index (χ0) is 45.8. The van der Waals surface area contributed by atoms with Gasteiger partial charge in [-0.15, -0.1) is 0 Å². The predicted molar refractivity (Wildman–Crippen MR) is 274 cm³/mol. The number of hydrogen-bond acceptors (Lipinski definition) is 3. The van der Waals surface area contributed by atoms with Crippen LogP contribution in [0.15, 0.2) is 170 Å². The van der Waals surface area contributed by atoms with Gasteiger partial charge in [0.05, 0.1) is 28.0 Å². The number of benzene rings is 7. The number of para-hydroxylation sites is 1. The van der Waals surface area contributed by atoms with Crippen molar-refractivity contribution in [1.29, 1.82) is 0 Å². The Morgan fingerprint density at radius 3 is 1.74 bits per heavy atom. The van der Waals surface area contributed by atoms with E-state index in [1.807, 2.05) is 6.20 Å². The van der Waals surface area contributed by atoms with E-state index in [0.29, 0.717) is 11.4 Å². The summed E-state index contributed by atoms with van der Waals surface area (Å²) in [5.74, 6) is 0.943. The summed E-state index contributed by atoms with van der Waals surface area (Å²) in [6.07, 6.45) is 1.92. The third-order valence-electron chi connectivity index (χ3n) is 12.7. The minimum Gasteiger partial charge on any atom is -0.507 e. The van der Waals surface area contributed by atoms with E-state index in [-0.39, 0.29) is 22.0 Å². The zero-order valence-corrected chi connectivity index (χ0v) is 39.5. The molecule has 0 unspecified atom stereocenters. The van der Waals surface area contributed by atoms with Gasteiger partial charge in [-0.3, -0.25) is 9.55 Å². The zero-order valence-electron chi connectivity index (χ0n) is 39.5. The second-order valence-corrected chi connectivity index (χ2v) is 20.7. The number of aryl methyl sites for hydroxylation is 1. The first-order chi connectivity index (χ1) is 30.9. The van der Waals surface area contributed by atoms with Gasteiger partial charge in [0, 0.05) is 28.5 Å². The van der Waals surface area contributed by atoms with Gasteiger partial charge in [0.2, 0.25) is 0 Å². The van der Waals surface area contributed by atoms with Gasteiger partial charge in [0.1, 0.15) is 11.6 Å². The molecule has 0 aliphatic carbocycles. The normalized spacial score (nSPS) is 12.2. The molecule has 9 rings (SSSR count). The molecule has 0 aliphatic rings. The Hall–Kier alpha value is -7.04. The van der Waals surface area contributed by atoms with Crippen LogP contribution in [0.1, 0.15) is 84.6 Å². The molecule has 0 spiro atoms. The van der Waals surface area contributed by atoms with Gasteiger partial charge in [-0.05, 0) is 122 Å². The fourth-order valence-electron chi connectivity index (χ4n) is 8.92. The van der Waals surface area contributed by atoms with E-state index in [9.17, 15) is 5.11 Å². The molecule has 4 heteroatoms. The van der Waals surface area contributed by atoms with Crippen molar-refractivity contribution in [2.45, 2.75) is 85.5 Å². The van der Waals surface area contributed by atoms with Crippen LogP contribution >= 0.6 is 0 Å². The molecule has 1 N–H and O–H groups in total. The Bertz CT molecular complexity index is 3190. The average molecular weight is 850 g/mol. The molecule has 9 aromatic rings. The van der Waals surface area contributed by atoms with Crippen molar-refractivity contribution in [2.75, 3.05) is 0 Å². The van der Waals surface area contributed by atoms with E-state index >= 15 is 0 Å². The fraction of sp³-hybridized carbons (Fsp3) is 0.213. The monoisotopic (exact) mass is 849 g/mol. The van der Waals surface area contributed by atoms with E-state index in [2.05, 4.69) is 238 Å². The number of rotatable bonds is 7. The lowest BCUT2D eigenvalue weighted by molar-refractivity contribution is 0.446. The molecule has 2 heterocycles. The van der Waals surface area contributed by atoms with Crippen molar-refractivity contribution < 1.29 is 5.11 Å². The number of aromatic nitrogens is 3. The third kappa shape index (κ3) is 8.54. The summed E-state index contributed by atoms with van der Waals surface area (Å²) in [5.41, 5.74) is 18.2. The molecule has 0 saturated heterocycles. The molecular formula is C61H59N3O. The average Bonchev–Trinajstić information content (AvgIpc) is 3.68. The molecule has 4 nitrogen and oxygen atoms in total. The summed E-state index contributed by atoms with van der Waals surface area (Å²) in [6, 6.07) is 58.6. The summed E-state index contributed by atoms with van der Waals surface area (Å²) in [4.78, 5) is 10.7. The van der Waals surface area contributed by atoms with Crippen LogP contribution in [0.5, 0.6) is 5.75 Å². The second-order valence-electron chi connectivity index (χ2n) is 20.7. The maximum atomic E-state index is 12.5. The Morgan fingerprint density at radius 1 is 0.446 bits per heavy atom. The smallest absolute Gasteiger partial charge is 0.149 e. The SMILES string of the molecule is Cc1ccc(-n2c(-c3cc(C(C)(C)C)cc(C(C)(C)C)c3O)nc3c(-c4cc(-c5ccccc5)cc(-c5cc(-c6ccc(C(C)(C)C)cc6)ccn5)c4)cccc32)c(-c2ccccc2)c1. The standard InChI is InChI=1S/C61H59N3O/c1-39-24-29-54(50(32-39)42-20-15-12-16-21-42)64-55-23-17-22-49(56(55)63-58(64)51-37-48(60(5,6)7)38-52(57(51)65)61(8,9)10)45-33-44(40-18-13-11-14-19-40)34-46(35-45)53-36-43(30-31-62-53)41-25-27-47(28-26-41)59(2,3)4/h11-38,65H,1-10H3. The number of fused-ring (bicyclic) bond motifs is 1. The van der Waals surface area contributed by atoms with Crippen molar-refractivity contribution in [3.05, 3.63) is 192 Å². The Kier molecular flexibility index (Phi) is 11.0. The highest BCUT2D eigenvalue weighted by atomic mass is 16.3. The van der Waals surface area contributed by atoms with E-state index in [1.54, 1.807) is 0 Å². The Morgan fingerprint density at radius 2 is 1.08 bits per heavy atom. The first kappa shape index (κ1) is 43.2. The molecule has 0 bridgehead atoms. The van der Waals surface area contributed by atoms with Crippen LogP contribution in [0.2, 0.25) is 0 Å². The van der Waals surface area contributed by atoms with E-state index in [1.165, 1.54) is 5.56 Å². The minimum atomic E-state index is -0.323. The highest BCUT2D eigenvalue weighted by molar-refractivity contribution is 5.98.